The summed E-state index contributed by atoms with van der Waals surface area (Å²) in [6.07, 6.45) is 0.682. The standard InChI is InChI=1S/C13H15N5O2/c1-3-10-16-11(18-17-10)13(20)15-9-6-4-8(5-7-9)12(19)14-2/h4-7H,3H2,1-2H3,(H,14,19)(H,15,20)(H,16,17,18). The molecule has 7 heteroatoms. The van der Waals surface area contributed by atoms with Crippen molar-refractivity contribution < 1.29 is 9.59 Å². The molecule has 0 bridgehead atoms. The number of H-pyrrole nitrogens is 1. The van der Waals surface area contributed by atoms with Crippen LogP contribution in [0, 0.1) is 0 Å². The number of aromatic amines is 1. The van der Waals surface area contributed by atoms with E-state index in [9.17, 15) is 9.59 Å². The van der Waals surface area contributed by atoms with Crippen molar-refractivity contribution in [3.05, 3.63) is 41.5 Å². The number of nitrogens with zero attached hydrogens (tertiary/aromatic N) is 2. The van der Waals surface area contributed by atoms with Gasteiger partial charge in [0.25, 0.3) is 11.8 Å². The van der Waals surface area contributed by atoms with Crippen LogP contribution in [0.2, 0.25) is 0 Å². The molecule has 0 aliphatic heterocycles. The molecule has 0 radical (unpaired) electrons. The van der Waals surface area contributed by atoms with Crippen LogP contribution in [0.1, 0.15) is 33.7 Å². The average Bonchev–Trinajstić information content (AvgIpc) is 2.96. The molecule has 0 spiro atoms. The van der Waals surface area contributed by atoms with Gasteiger partial charge in [0.1, 0.15) is 5.82 Å². The third kappa shape index (κ3) is 3.00. The highest BCUT2D eigenvalue weighted by Gasteiger charge is 2.12. The van der Waals surface area contributed by atoms with Crippen LogP contribution in [0.3, 0.4) is 0 Å². The maximum atomic E-state index is 11.9. The van der Waals surface area contributed by atoms with Gasteiger partial charge in [-0.1, -0.05) is 6.92 Å². The summed E-state index contributed by atoms with van der Waals surface area (Å²) < 4.78 is 0. The van der Waals surface area contributed by atoms with E-state index in [1.54, 1.807) is 31.3 Å². The maximum absolute atomic E-state index is 11.9. The Morgan fingerprint density at radius 2 is 1.90 bits per heavy atom. The van der Waals surface area contributed by atoms with Crippen LogP contribution in [0.4, 0.5) is 5.69 Å². The van der Waals surface area contributed by atoms with Gasteiger partial charge in [0.2, 0.25) is 5.82 Å². The van der Waals surface area contributed by atoms with Crippen LogP contribution in [-0.4, -0.2) is 34.0 Å². The fraction of sp³-hybridized carbons (Fsp3) is 0.231. The molecule has 20 heavy (non-hydrogen) atoms. The van der Waals surface area contributed by atoms with Gasteiger partial charge in [0, 0.05) is 24.7 Å². The van der Waals surface area contributed by atoms with E-state index in [-0.39, 0.29) is 11.7 Å². The number of nitrogens with one attached hydrogen (secondary N) is 3. The summed E-state index contributed by atoms with van der Waals surface area (Å²) in [4.78, 5) is 27.3. The van der Waals surface area contributed by atoms with Gasteiger partial charge in [0.15, 0.2) is 0 Å². The van der Waals surface area contributed by atoms with Gasteiger partial charge >= 0.3 is 0 Å². The Morgan fingerprint density at radius 1 is 1.20 bits per heavy atom. The minimum Gasteiger partial charge on any atom is -0.355 e. The number of aryl methyl sites for hydroxylation is 1. The second kappa shape index (κ2) is 5.96. The van der Waals surface area contributed by atoms with E-state index >= 15 is 0 Å². The van der Waals surface area contributed by atoms with Crippen molar-refractivity contribution in [2.75, 3.05) is 12.4 Å². The van der Waals surface area contributed by atoms with Crippen LogP contribution < -0.4 is 10.6 Å². The van der Waals surface area contributed by atoms with Crippen LogP contribution in [0.25, 0.3) is 0 Å². The Balaban J connectivity index is 2.06. The fourth-order valence-corrected chi connectivity index (χ4v) is 1.59. The molecule has 104 valence electrons. The number of hydrogen-bond donors (Lipinski definition) is 3. The number of hydrogen-bond acceptors (Lipinski definition) is 4. The summed E-state index contributed by atoms with van der Waals surface area (Å²) >= 11 is 0. The lowest BCUT2D eigenvalue weighted by Crippen LogP contribution is -2.18. The molecule has 1 aromatic carbocycles. The van der Waals surface area contributed by atoms with Crippen molar-refractivity contribution in [1.29, 1.82) is 0 Å². The molecule has 2 rings (SSSR count). The van der Waals surface area contributed by atoms with Crippen molar-refractivity contribution in [3.63, 3.8) is 0 Å². The normalized spacial score (nSPS) is 10.1. The number of carbonyl (C=O) groups is 2. The van der Waals surface area contributed by atoms with Gasteiger partial charge < -0.3 is 10.6 Å². The van der Waals surface area contributed by atoms with Crippen molar-refractivity contribution in [2.45, 2.75) is 13.3 Å². The molecule has 0 aliphatic carbocycles. The predicted octanol–water partition coefficient (Wildman–Crippen LogP) is 0.979. The molecule has 3 N–H and O–H groups in total. The quantitative estimate of drug-likeness (QED) is 0.773. The largest absolute Gasteiger partial charge is 0.355 e. The Morgan fingerprint density at radius 3 is 2.45 bits per heavy atom. The molecule has 0 aliphatic rings. The zero-order valence-electron chi connectivity index (χ0n) is 11.2. The Kier molecular flexibility index (Phi) is 4.09. The predicted molar refractivity (Wildman–Crippen MR) is 73.5 cm³/mol. The van der Waals surface area contributed by atoms with Gasteiger partial charge in [-0.25, -0.2) is 4.98 Å². The van der Waals surface area contributed by atoms with Crippen LogP contribution in [0.5, 0.6) is 0 Å². The van der Waals surface area contributed by atoms with E-state index in [0.29, 0.717) is 23.5 Å². The first-order valence-corrected chi connectivity index (χ1v) is 6.18. The lowest BCUT2D eigenvalue weighted by atomic mass is 10.2. The zero-order chi connectivity index (χ0) is 14.5. The molecule has 0 saturated heterocycles. The summed E-state index contributed by atoms with van der Waals surface area (Å²) in [6, 6.07) is 6.56. The van der Waals surface area contributed by atoms with Crippen molar-refractivity contribution in [1.82, 2.24) is 20.5 Å². The van der Waals surface area contributed by atoms with Gasteiger partial charge in [0.05, 0.1) is 0 Å². The van der Waals surface area contributed by atoms with Gasteiger partial charge in [-0.2, -0.15) is 0 Å². The van der Waals surface area contributed by atoms with Gasteiger partial charge in [-0.05, 0) is 24.3 Å². The van der Waals surface area contributed by atoms with E-state index in [4.69, 9.17) is 0 Å². The van der Waals surface area contributed by atoms with Crippen molar-refractivity contribution >= 4 is 17.5 Å². The van der Waals surface area contributed by atoms with Crippen molar-refractivity contribution in [2.24, 2.45) is 0 Å². The topological polar surface area (TPSA) is 99.8 Å². The first-order valence-electron chi connectivity index (χ1n) is 6.18. The fourth-order valence-electron chi connectivity index (χ4n) is 1.59. The third-order valence-corrected chi connectivity index (χ3v) is 2.70. The number of benzene rings is 1. The first kappa shape index (κ1) is 13.7. The molecule has 0 unspecified atom stereocenters. The molecule has 1 aromatic heterocycles. The lowest BCUT2D eigenvalue weighted by Gasteiger charge is -2.04. The molecular weight excluding hydrogens is 258 g/mol. The van der Waals surface area contributed by atoms with E-state index in [2.05, 4.69) is 25.8 Å². The molecule has 0 fully saturated rings. The minimum atomic E-state index is -0.395. The van der Waals surface area contributed by atoms with Gasteiger partial charge in [-0.15, -0.1) is 5.10 Å². The average molecular weight is 273 g/mol. The Labute approximate surface area is 115 Å². The summed E-state index contributed by atoms with van der Waals surface area (Å²) in [5, 5.41) is 11.7. The second-order valence-corrected chi connectivity index (χ2v) is 4.07. The smallest absolute Gasteiger partial charge is 0.295 e. The Bertz CT molecular complexity index is 618. The molecular formula is C13H15N5O2. The molecule has 2 amide bonds. The first-order chi connectivity index (χ1) is 9.63. The number of rotatable bonds is 4. The summed E-state index contributed by atoms with van der Waals surface area (Å²) in [5.74, 6) is 0.181. The highest BCUT2D eigenvalue weighted by molar-refractivity contribution is 6.02. The van der Waals surface area contributed by atoms with E-state index < -0.39 is 5.91 Å². The maximum Gasteiger partial charge on any atom is 0.295 e. The summed E-state index contributed by atoms with van der Waals surface area (Å²) in [7, 11) is 1.56. The van der Waals surface area contributed by atoms with Crippen molar-refractivity contribution in [3.8, 4) is 0 Å². The highest BCUT2D eigenvalue weighted by Crippen LogP contribution is 2.10. The summed E-state index contributed by atoms with van der Waals surface area (Å²) in [6.45, 7) is 1.92. The number of aromatic nitrogens is 3. The zero-order valence-corrected chi connectivity index (χ0v) is 11.2. The van der Waals surface area contributed by atoms with Crippen LogP contribution in [-0.2, 0) is 6.42 Å². The second-order valence-electron chi connectivity index (χ2n) is 4.07. The Hall–Kier alpha value is -2.70. The molecule has 2 aromatic rings. The number of anilines is 1. The van der Waals surface area contributed by atoms with Crippen LogP contribution >= 0.6 is 0 Å². The van der Waals surface area contributed by atoms with Gasteiger partial charge in [-0.3, -0.25) is 14.7 Å². The number of amides is 2. The lowest BCUT2D eigenvalue weighted by molar-refractivity contribution is 0.0962. The van der Waals surface area contributed by atoms with E-state index in [1.807, 2.05) is 6.92 Å². The monoisotopic (exact) mass is 273 g/mol. The molecule has 7 nitrogen and oxygen atoms in total. The number of carbonyl (C=O) groups excluding carboxylic acids is 2. The summed E-state index contributed by atoms with van der Waals surface area (Å²) in [5.41, 5.74) is 1.10. The highest BCUT2D eigenvalue weighted by atomic mass is 16.2. The molecule has 0 atom stereocenters. The molecule has 0 saturated carbocycles. The minimum absolute atomic E-state index is 0.0947. The van der Waals surface area contributed by atoms with E-state index in [1.165, 1.54) is 0 Å². The van der Waals surface area contributed by atoms with E-state index in [0.717, 1.165) is 0 Å². The third-order valence-electron chi connectivity index (χ3n) is 2.70. The van der Waals surface area contributed by atoms with Crippen LogP contribution in [0.15, 0.2) is 24.3 Å². The molecule has 1 heterocycles. The SMILES string of the molecule is CCc1nc(C(=O)Nc2ccc(C(=O)NC)cc2)n[nH]1.